The highest BCUT2D eigenvalue weighted by atomic mass is 19.1. The molecule has 1 aromatic rings. The molecule has 19 heavy (non-hydrogen) atoms. The number of carbonyl (C=O) groups excluding carboxylic acids is 1. The quantitative estimate of drug-likeness (QED) is 0.855. The van der Waals surface area contributed by atoms with E-state index >= 15 is 0 Å². The van der Waals surface area contributed by atoms with Crippen LogP contribution in [0.15, 0.2) is 24.3 Å². The third kappa shape index (κ3) is 3.32. The van der Waals surface area contributed by atoms with E-state index in [2.05, 4.69) is 5.32 Å². The number of halogens is 1. The van der Waals surface area contributed by atoms with Gasteiger partial charge in [0.2, 0.25) is 5.91 Å². The van der Waals surface area contributed by atoms with Crippen LogP contribution >= 0.6 is 0 Å². The first-order valence-electron chi connectivity index (χ1n) is 6.89. The van der Waals surface area contributed by atoms with Gasteiger partial charge in [0, 0.05) is 24.9 Å². The van der Waals surface area contributed by atoms with Crippen LogP contribution in [-0.2, 0) is 10.2 Å². The smallest absolute Gasteiger partial charge is 0.221 e. The van der Waals surface area contributed by atoms with Crippen molar-refractivity contribution in [1.82, 2.24) is 5.32 Å². The van der Waals surface area contributed by atoms with Gasteiger partial charge in [-0.25, -0.2) is 4.39 Å². The summed E-state index contributed by atoms with van der Waals surface area (Å²) in [6.45, 7) is 0.993. The Bertz CT molecular complexity index is 424. The van der Waals surface area contributed by atoms with E-state index in [4.69, 9.17) is 5.73 Å². The van der Waals surface area contributed by atoms with E-state index in [1.807, 2.05) is 12.1 Å². The Balaban J connectivity index is 2.09. The zero-order valence-electron chi connectivity index (χ0n) is 11.1. The molecule has 0 heterocycles. The molecule has 0 radical (unpaired) electrons. The van der Waals surface area contributed by atoms with Crippen molar-refractivity contribution in [2.45, 2.75) is 37.5 Å². The summed E-state index contributed by atoms with van der Waals surface area (Å²) >= 11 is 0. The molecular weight excluding hydrogens is 243 g/mol. The predicted octanol–water partition coefficient (Wildman–Crippen LogP) is 2.10. The molecule has 4 heteroatoms. The first kappa shape index (κ1) is 14.0. The van der Waals surface area contributed by atoms with Gasteiger partial charge in [0.15, 0.2) is 0 Å². The molecule has 1 aliphatic rings. The van der Waals surface area contributed by atoms with Crippen LogP contribution in [0, 0.1) is 5.82 Å². The summed E-state index contributed by atoms with van der Waals surface area (Å²) in [7, 11) is 0. The standard InChI is InChI=1S/C15H21FN2O/c16-13-5-3-12(4-6-13)15(8-1-2-9-15)11-18-14(19)7-10-17/h3-6H,1-2,7-11,17H2,(H,18,19). The van der Waals surface area contributed by atoms with Crippen molar-refractivity contribution < 1.29 is 9.18 Å². The van der Waals surface area contributed by atoms with Crippen molar-refractivity contribution in [3.05, 3.63) is 35.6 Å². The maximum Gasteiger partial charge on any atom is 0.221 e. The van der Waals surface area contributed by atoms with E-state index in [-0.39, 0.29) is 17.1 Å². The first-order valence-corrected chi connectivity index (χ1v) is 6.89. The fourth-order valence-electron chi connectivity index (χ4n) is 2.91. The van der Waals surface area contributed by atoms with E-state index in [1.54, 1.807) is 0 Å². The molecule has 0 saturated heterocycles. The fourth-order valence-corrected chi connectivity index (χ4v) is 2.91. The topological polar surface area (TPSA) is 55.1 Å². The summed E-state index contributed by atoms with van der Waals surface area (Å²) in [5.41, 5.74) is 6.47. The molecule has 0 unspecified atom stereocenters. The fraction of sp³-hybridized carbons (Fsp3) is 0.533. The lowest BCUT2D eigenvalue weighted by atomic mass is 9.79. The van der Waals surface area contributed by atoms with E-state index in [0.717, 1.165) is 31.2 Å². The molecule has 1 fully saturated rings. The van der Waals surface area contributed by atoms with Gasteiger partial charge in [0.1, 0.15) is 5.82 Å². The molecule has 2 rings (SSSR count). The van der Waals surface area contributed by atoms with Gasteiger partial charge in [0.25, 0.3) is 0 Å². The van der Waals surface area contributed by atoms with Gasteiger partial charge < -0.3 is 11.1 Å². The average Bonchev–Trinajstić information content (AvgIpc) is 2.88. The number of carbonyl (C=O) groups is 1. The van der Waals surface area contributed by atoms with E-state index in [9.17, 15) is 9.18 Å². The molecule has 0 spiro atoms. The van der Waals surface area contributed by atoms with Crippen molar-refractivity contribution in [3.63, 3.8) is 0 Å². The van der Waals surface area contributed by atoms with Crippen LogP contribution in [0.4, 0.5) is 4.39 Å². The molecule has 1 aromatic carbocycles. The number of hydrogen-bond donors (Lipinski definition) is 2. The lowest BCUT2D eigenvalue weighted by Gasteiger charge is -2.30. The first-order chi connectivity index (χ1) is 9.16. The molecule has 0 atom stereocenters. The van der Waals surface area contributed by atoms with Gasteiger partial charge >= 0.3 is 0 Å². The van der Waals surface area contributed by atoms with Crippen molar-refractivity contribution >= 4 is 5.91 Å². The minimum atomic E-state index is -0.218. The maximum absolute atomic E-state index is 13.0. The molecule has 104 valence electrons. The molecule has 1 aliphatic carbocycles. The Labute approximate surface area is 113 Å². The second-order valence-electron chi connectivity index (χ2n) is 5.31. The predicted molar refractivity (Wildman–Crippen MR) is 73.2 cm³/mol. The molecule has 1 saturated carbocycles. The van der Waals surface area contributed by atoms with Crippen LogP contribution in [-0.4, -0.2) is 19.0 Å². The summed E-state index contributed by atoms with van der Waals surface area (Å²) in [6, 6.07) is 6.68. The summed E-state index contributed by atoms with van der Waals surface area (Å²) < 4.78 is 13.0. The number of hydrogen-bond acceptors (Lipinski definition) is 2. The van der Waals surface area contributed by atoms with Crippen molar-refractivity contribution in [1.29, 1.82) is 0 Å². The van der Waals surface area contributed by atoms with Gasteiger partial charge in [-0.2, -0.15) is 0 Å². The van der Waals surface area contributed by atoms with Crippen LogP contribution in [0.2, 0.25) is 0 Å². The zero-order chi connectivity index (χ0) is 13.7. The van der Waals surface area contributed by atoms with Crippen LogP contribution < -0.4 is 11.1 Å². The summed E-state index contributed by atoms with van der Waals surface area (Å²) in [6.07, 6.45) is 4.76. The molecule has 0 aromatic heterocycles. The highest BCUT2D eigenvalue weighted by Crippen LogP contribution is 2.40. The van der Waals surface area contributed by atoms with Crippen molar-refractivity contribution in [3.8, 4) is 0 Å². The number of nitrogens with one attached hydrogen (secondary N) is 1. The van der Waals surface area contributed by atoms with Gasteiger partial charge in [-0.1, -0.05) is 25.0 Å². The SMILES string of the molecule is NCCC(=O)NCC1(c2ccc(F)cc2)CCCC1. The third-order valence-corrected chi connectivity index (χ3v) is 4.01. The van der Waals surface area contributed by atoms with Crippen molar-refractivity contribution in [2.24, 2.45) is 5.73 Å². The van der Waals surface area contributed by atoms with Gasteiger partial charge in [-0.15, -0.1) is 0 Å². The van der Waals surface area contributed by atoms with Gasteiger partial charge in [-0.3, -0.25) is 4.79 Å². The Morgan fingerprint density at radius 3 is 2.47 bits per heavy atom. The number of amides is 1. The molecule has 3 nitrogen and oxygen atoms in total. The largest absolute Gasteiger partial charge is 0.355 e. The minimum absolute atomic E-state index is 0.00381. The molecule has 1 amide bonds. The van der Waals surface area contributed by atoms with Crippen LogP contribution in [0.25, 0.3) is 0 Å². The zero-order valence-corrected chi connectivity index (χ0v) is 11.1. The molecular formula is C15H21FN2O. The normalized spacial score (nSPS) is 17.4. The monoisotopic (exact) mass is 264 g/mol. The Morgan fingerprint density at radius 1 is 1.26 bits per heavy atom. The van der Waals surface area contributed by atoms with Crippen molar-refractivity contribution in [2.75, 3.05) is 13.1 Å². The van der Waals surface area contributed by atoms with Crippen LogP contribution in [0.1, 0.15) is 37.7 Å². The molecule has 0 bridgehead atoms. The molecule has 0 aliphatic heterocycles. The molecule has 3 N–H and O–H groups in total. The Kier molecular flexibility index (Phi) is 4.53. The van der Waals surface area contributed by atoms with E-state index in [0.29, 0.717) is 19.5 Å². The Hall–Kier alpha value is -1.42. The summed E-state index contributed by atoms with van der Waals surface area (Å²) in [5, 5.41) is 2.97. The number of nitrogens with two attached hydrogens (primary N) is 1. The van der Waals surface area contributed by atoms with E-state index in [1.165, 1.54) is 12.1 Å². The summed E-state index contributed by atoms with van der Waals surface area (Å²) in [4.78, 5) is 11.6. The Morgan fingerprint density at radius 2 is 1.89 bits per heavy atom. The second-order valence-corrected chi connectivity index (χ2v) is 5.31. The van der Waals surface area contributed by atoms with Crippen LogP contribution in [0.3, 0.4) is 0 Å². The van der Waals surface area contributed by atoms with Gasteiger partial charge in [0.05, 0.1) is 0 Å². The highest BCUT2D eigenvalue weighted by molar-refractivity contribution is 5.76. The lowest BCUT2D eigenvalue weighted by molar-refractivity contribution is -0.121. The average molecular weight is 264 g/mol. The van der Waals surface area contributed by atoms with E-state index < -0.39 is 0 Å². The van der Waals surface area contributed by atoms with Crippen LogP contribution in [0.5, 0.6) is 0 Å². The summed E-state index contributed by atoms with van der Waals surface area (Å²) in [5.74, 6) is -0.222. The second kappa shape index (κ2) is 6.15. The lowest BCUT2D eigenvalue weighted by Crippen LogP contribution is -2.39. The third-order valence-electron chi connectivity index (χ3n) is 4.01. The van der Waals surface area contributed by atoms with Gasteiger partial charge in [-0.05, 0) is 30.5 Å². The minimum Gasteiger partial charge on any atom is -0.355 e. The highest BCUT2D eigenvalue weighted by Gasteiger charge is 2.35. The number of benzene rings is 1. The maximum atomic E-state index is 13.0. The number of rotatable bonds is 5.